The van der Waals surface area contributed by atoms with Crippen molar-refractivity contribution >= 4 is 27.5 Å². The standard InChI is InChI=1S/C17H19BrN2O2/c1-20(11-13-7-3-6-10-16(13)22-2)12-17(21)19-15-9-5-4-8-14(15)18/h3-10H,11-12H2,1-2H3,(H,19,21). The Morgan fingerprint density at radius 1 is 1.18 bits per heavy atom. The summed E-state index contributed by atoms with van der Waals surface area (Å²) in [6.45, 7) is 0.951. The Balaban J connectivity index is 1.93. The van der Waals surface area contributed by atoms with Gasteiger partial charge in [0.25, 0.3) is 0 Å². The Kier molecular flexibility index (Phi) is 5.98. The highest BCUT2D eigenvalue weighted by molar-refractivity contribution is 9.10. The maximum Gasteiger partial charge on any atom is 0.238 e. The highest BCUT2D eigenvalue weighted by Gasteiger charge is 2.11. The van der Waals surface area contributed by atoms with Gasteiger partial charge >= 0.3 is 0 Å². The Labute approximate surface area is 139 Å². The van der Waals surface area contributed by atoms with Gasteiger partial charge in [-0.25, -0.2) is 0 Å². The average molecular weight is 363 g/mol. The van der Waals surface area contributed by atoms with E-state index in [-0.39, 0.29) is 5.91 Å². The van der Waals surface area contributed by atoms with Crippen LogP contribution in [0.2, 0.25) is 0 Å². The van der Waals surface area contributed by atoms with Crippen molar-refractivity contribution in [1.82, 2.24) is 4.90 Å². The van der Waals surface area contributed by atoms with E-state index in [0.717, 1.165) is 21.5 Å². The number of carbonyl (C=O) groups excluding carboxylic acids is 1. The quantitative estimate of drug-likeness (QED) is 0.854. The third kappa shape index (κ3) is 4.58. The Morgan fingerprint density at radius 3 is 2.59 bits per heavy atom. The van der Waals surface area contributed by atoms with Gasteiger partial charge in [-0.2, -0.15) is 0 Å². The van der Waals surface area contributed by atoms with Gasteiger partial charge in [-0.1, -0.05) is 30.3 Å². The van der Waals surface area contributed by atoms with E-state index in [1.807, 2.05) is 60.5 Å². The zero-order valence-corrected chi connectivity index (χ0v) is 14.3. The number of amides is 1. The maximum absolute atomic E-state index is 12.1. The maximum atomic E-state index is 12.1. The van der Waals surface area contributed by atoms with Gasteiger partial charge in [-0.15, -0.1) is 0 Å². The number of hydrogen-bond donors (Lipinski definition) is 1. The third-order valence-corrected chi connectivity index (χ3v) is 3.89. The van der Waals surface area contributed by atoms with E-state index in [1.165, 1.54) is 0 Å². The number of carbonyl (C=O) groups is 1. The number of hydrogen-bond acceptors (Lipinski definition) is 3. The number of likely N-dealkylation sites (N-methyl/N-ethyl adjacent to an activating group) is 1. The molecule has 0 aliphatic rings. The molecule has 0 aromatic heterocycles. The van der Waals surface area contributed by atoms with Crippen LogP contribution in [0.15, 0.2) is 53.0 Å². The molecule has 0 aliphatic carbocycles. The second-order valence-corrected chi connectivity index (χ2v) is 5.87. The summed E-state index contributed by atoms with van der Waals surface area (Å²) in [6.07, 6.45) is 0. The summed E-state index contributed by atoms with van der Waals surface area (Å²) >= 11 is 3.42. The van der Waals surface area contributed by atoms with Crippen LogP contribution in [0.4, 0.5) is 5.69 Å². The van der Waals surface area contributed by atoms with Crippen molar-refractivity contribution in [3.8, 4) is 5.75 Å². The van der Waals surface area contributed by atoms with Crippen molar-refractivity contribution in [3.05, 3.63) is 58.6 Å². The van der Waals surface area contributed by atoms with Crippen LogP contribution in [0.3, 0.4) is 0 Å². The van der Waals surface area contributed by atoms with Crippen LogP contribution < -0.4 is 10.1 Å². The fourth-order valence-corrected chi connectivity index (χ4v) is 2.56. The average Bonchev–Trinajstić information content (AvgIpc) is 2.50. The SMILES string of the molecule is COc1ccccc1CN(C)CC(=O)Nc1ccccc1Br. The van der Waals surface area contributed by atoms with E-state index in [0.29, 0.717) is 13.1 Å². The molecule has 0 spiro atoms. The van der Waals surface area contributed by atoms with E-state index in [9.17, 15) is 4.79 Å². The van der Waals surface area contributed by atoms with Crippen LogP contribution in [0.25, 0.3) is 0 Å². The lowest BCUT2D eigenvalue weighted by molar-refractivity contribution is -0.117. The molecule has 0 atom stereocenters. The van der Waals surface area contributed by atoms with E-state index < -0.39 is 0 Å². The molecule has 0 fully saturated rings. The van der Waals surface area contributed by atoms with Gasteiger partial charge in [-0.3, -0.25) is 9.69 Å². The molecular weight excluding hydrogens is 344 g/mol. The second-order valence-electron chi connectivity index (χ2n) is 5.01. The number of anilines is 1. The number of benzene rings is 2. The van der Waals surface area contributed by atoms with Crippen molar-refractivity contribution in [3.63, 3.8) is 0 Å². The lowest BCUT2D eigenvalue weighted by Crippen LogP contribution is -2.30. The molecule has 0 aliphatic heterocycles. The van der Waals surface area contributed by atoms with Crippen LogP contribution in [0.5, 0.6) is 5.75 Å². The number of para-hydroxylation sites is 2. The molecule has 2 aromatic rings. The monoisotopic (exact) mass is 362 g/mol. The molecule has 116 valence electrons. The van der Waals surface area contributed by atoms with E-state index in [2.05, 4.69) is 21.2 Å². The number of rotatable bonds is 6. The van der Waals surface area contributed by atoms with Crippen LogP contribution >= 0.6 is 15.9 Å². The highest BCUT2D eigenvalue weighted by Crippen LogP contribution is 2.21. The molecule has 0 unspecified atom stereocenters. The lowest BCUT2D eigenvalue weighted by atomic mass is 10.2. The molecule has 0 saturated heterocycles. The van der Waals surface area contributed by atoms with Crippen LogP contribution in [0, 0.1) is 0 Å². The first-order valence-electron chi connectivity index (χ1n) is 6.95. The summed E-state index contributed by atoms with van der Waals surface area (Å²) in [5, 5.41) is 2.90. The van der Waals surface area contributed by atoms with Gasteiger partial charge in [0.05, 0.1) is 19.3 Å². The van der Waals surface area contributed by atoms with Gasteiger partial charge < -0.3 is 10.1 Å². The smallest absolute Gasteiger partial charge is 0.238 e. The summed E-state index contributed by atoms with van der Waals surface area (Å²) in [5.74, 6) is 0.782. The van der Waals surface area contributed by atoms with Crippen LogP contribution in [0.1, 0.15) is 5.56 Å². The topological polar surface area (TPSA) is 41.6 Å². The summed E-state index contributed by atoms with van der Waals surface area (Å²) in [4.78, 5) is 14.1. The summed E-state index contributed by atoms with van der Waals surface area (Å²) < 4.78 is 6.20. The molecule has 0 bridgehead atoms. The Morgan fingerprint density at radius 2 is 1.86 bits per heavy atom. The first-order valence-corrected chi connectivity index (χ1v) is 7.74. The van der Waals surface area contributed by atoms with Crippen molar-refractivity contribution in [2.24, 2.45) is 0 Å². The molecule has 4 nitrogen and oxygen atoms in total. The molecule has 0 radical (unpaired) electrons. The normalized spacial score (nSPS) is 10.5. The van der Waals surface area contributed by atoms with Gasteiger partial charge in [-0.05, 0) is 41.2 Å². The number of halogens is 1. The second kappa shape index (κ2) is 7.96. The van der Waals surface area contributed by atoms with Crippen LogP contribution in [-0.4, -0.2) is 31.5 Å². The lowest BCUT2D eigenvalue weighted by Gasteiger charge is -2.18. The molecule has 5 heteroatoms. The fourth-order valence-electron chi connectivity index (χ4n) is 2.18. The summed E-state index contributed by atoms with van der Waals surface area (Å²) in [5.41, 5.74) is 1.83. The molecule has 1 amide bonds. The zero-order valence-electron chi connectivity index (χ0n) is 12.7. The highest BCUT2D eigenvalue weighted by atomic mass is 79.9. The first kappa shape index (κ1) is 16.5. The minimum Gasteiger partial charge on any atom is -0.496 e. The fraction of sp³-hybridized carbons (Fsp3) is 0.235. The van der Waals surface area contributed by atoms with Crippen LogP contribution in [-0.2, 0) is 11.3 Å². The predicted octanol–water partition coefficient (Wildman–Crippen LogP) is 3.53. The summed E-state index contributed by atoms with van der Waals surface area (Å²) in [7, 11) is 3.56. The third-order valence-electron chi connectivity index (χ3n) is 3.19. The summed E-state index contributed by atoms with van der Waals surface area (Å²) in [6, 6.07) is 15.4. The van der Waals surface area contributed by atoms with Crippen molar-refractivity contribution in [2.45, 2.75) is 6.54 Å². The molecule has 2 rings (SSSR count). The molecule has 0 heterocycles. The molecule has 22 heavy (non-hydrogen) atoms. The number of methoxy groups -OCH3 is 1. The van der Waals surface area contributed by atoms with Gasteiger partial charge in [0.15, 0.2) is 0 Å². The van der Waals surface area contributed by atoms with Crippen molar-refractivity contribution in [1.29, 1.82) is 0 Å². The minimum absolute atomic E-state index is 0.0516. The molecule has 0 saturated carbocycles. The minimum atomic E-state index is -0.0516. The molecule has 2 aromatic carbocycles. The van der Waals surface area contributed by atoms with Crippen molar-refractivity contribution < 1.29 is 9.53 Å². The largest absolute Gasteiger partial charge is 0.496 e. The Bertz CT molecular complexity index is 646. The zero-order chi connectivity index (χ0) is 15.9. The Hall–Kier alpha value is -1.85. The van der Waals surface area contributed by atoms with Gasteiger partial charge in [0.2, 0.25) is 5.91 Å². The predicted molar refractivity (Wildman–Crippen MR) is 92.1 cm³/mol. The molecule has 1 N–H and O–H groups in total. The molecular formula is C17H19BrN2O2. The number of nitrogens with zero attached hydrogens (tertiary/aromatic N) is 1. The van der Waals surface area contributed by atoms with E-state index in [4.69, 9.17) is 4.74 Å². The number of nitrogens with one attached hydrogen (secondary N) is 1. The number of ether oxygens (including phenoxy) is 1. The van der Waals surface area contributed by atoms with E-state index in [1.54, 1.807) is 7.11 Å². The van der Waals surface area contributed by atoms with Crippen molar-refractivity contribution in [2.75, 3.05) is 26.0 Å². The van der Waals surface area contributed by atoms with Gasteiger partial charge in [0, 0.05) is 16.6 Å². The van der Waals surface area contributed by atoms with Gasteiger partial charge in [0.1, 0.15) is 5.75 Å². The van der Waals surface area contributed by atoms with E-state index >= 15 is 0 Å². The first-order chi connectivity index (χ1) is 10.6.